The molecule has 114 valence electrons. The quantitative estimate of drug-likeness (QED) is 0.813. The summed E-state index contributed by atoms with van der Waals surface area (Å²) in [6, 6.07) is 7.42. The molecule has 5 heteroatoms. The van der Waals surface area contributed by atoms with Crippen LogP contribution in [-0.2, 0) is 16.0 Å². The van der Waals surface area contributed by atoms with Gasteiger partial charge in [0.15, 0.2) is 0 Å². The minimum Gasteiger partial charge on any atom is -0.479 e. The minimum atomic E-state index is -1.00. The number of aryl methyl sites for hydroxylation is 1. The van der Waals surface area contributed by atoms with Crippen molar-refractivity contribution in [2.45, 2.75) is 44.6 Å². The normalized spacial score (nSPS) is 21.5. The van der Waals surface area contributed by atoms with Gasteiger partial charge in [-0.05, 0) is 43.4 Å². The van der Waals surface area contributed by atoms with Crippen molar-refractivity contribution < 1.29 is 14.7 Å². The maximum absolute atomic E-state index is 12.4. The number of benzene rings is 1. The van der Waals surface area contributed by atoms with Crippen molar-refractivity contribution >= 4 is 17.6 Å². The molecule has 1 aliphatic rings. The Morgan fingerprint density at radius 3 is 2.57 bits per heavy atom. The molecule has 1 aliphatic heterocycles. The number of hydrogen-bond acceptors (Lipinski definition) is 3. The maximum Gasteiger partial charge on any atom is 0.329 e. The Kier molecular flexibility index (Phi) is 4.50. The molecule has 0 saturated carbocycles. The van der Waals surface area contributed by atoms with Crippen LogP contribution < -0.4 is 5.73 Å². The zero-order valence-corrected chi connectivity index (χ0v) is 12.3. The lowest BCUT2D eigenvalue weighted by molar-refractivity contribution is -0.156. The summed E-state index contributed by atoms with van der Waals surface area (Å²) in [6.07, 6.45) is 2.70. The van der Waals surface area contributed by atoms with Crippen LogP contribution in [-0.4, -0.2) is 34.0 Å². The predicted molar refractivity (Wildman–Crippen MR) is 80.8 cm³/mol. The van der Waals surface area contributed by atoms with Crippen molar-refractivity contribution in [1.29, 1.82) is 0 Å². The number of carboxylic acids is 1. The first kappa shape index (κ1) is 15.4. The Labute approximate surface area is 124 Å². The fourth-order valence-corrected chi connectivity index (χ4v) is 3.05. The van der Waals surface area contributed by atoms with Crippen LogP contribution in [0.2, 0.25) is 0 Å². The van der Waals surface area contributed by atoms with Gasteiger partial charge in [-0.2, -0.15) is 0 Å². The van der Waals surface area contributed by atoms with Crippen LogP contribution >= 0.6 is 0 Å². The lowest BCUT2D eigenvalue weighted by Gasteiger charge is -2.34. The third-order valence-electron chi connectivity index (χ3n) is 4.38. The number of anilines is 1. The Morgan fingerprint density at radius 2 is 2.00 bits per heavy atom. The van der Waals surface area contributed by atoms with Crippen molar-refractivity contribution in [3.63, 3.8) is 0 Å². The number of amides is 1. The zero-order chi connectivity index (χ0) is 15.5. The van der Waals surface area contributed by atoms with Crippen LogP contribution in [0.5, 0.6) is 0 Å². The number of likely N-dealkylation sites (tertiary alicyclic amines) is 1. The molecule has 3 N–H and O–H groups in total. The van der Waals surface area contributed by atoms with Crippen molar-refractivity contribution in [3.8, 4) is 0 Å². The second kappa shape index (κ2) is 6.16. The Balaban J connectivity index is 2.02. The van der Waals surface area contributed by atoms with Crippen molar-refractivity contribution in [3.05, 3.63) is 29.8 Å². The van der Waals surface area contributed by atoms with E-state index in [0.717, 1.165) is 12.0 Å². The Morgan fingerprint density at radius 1 is 1.33 bits per heavy atom. The van der Waals surface area contributed by atoms with Gasteiger partial charge in [-0.15, -0.1) is 0 Å². The molecular weight excluding hydrogens is 268 g/mol. The smallest absolute Gasteiger partial charge is 0.329 e. The van der Waals surface area contributed by atoms with Crippen LogP contribution in [0.3, 0.4) is 0 Å². The number of carboxylic acid groups (broad SMARTS) is 1. The molecule has 1 unspecified atom stereocenters. The topological polar surface area (TPSA) is 83.6 Å². The molecule has 0 radical (unpaired) electrons. The van der Waals surface area contributed by atoms with E-state index in [1.165, 1.54) is 0 Å². The van der Waals surface area contributed by atoms with E-state index < -0.39 is 11.5 Å². The molecule has 21 heavy (non-hydrogen) atoms. The number of nitrogen functional groups attached to an aromatic ring is 1. The van der Waals surface area contributed by atoms with E-state index in [1.807, 2.05) is 31.2 Å². The number of aliphatic carboxylic acids is 1. The molecule has 1 heterocycles. The van der Waals surface area contributed by atoms with Crippen LogP contribution in [0.4, 0.5) is 5.69 Å². The molecule has 1 atom stereocenters. The summed E-state index contributed by atoms with van der Waals surface area (Å²) in [7, 11) is 0. The fraction of sp³-hybridized carbons (Fsp3) is 0.500. The molecule has 0 aromatic heterocycles. The number of rotatable bonds is 5. The van der Waals surface area contributed by atoms with Gasteiger partial charge < -0.3 is 15.7 Å². The van der Waals surface area contributed by atoms with Gasteiger partial charge >= 0.3 is 5.97 Å². The first-order valence-electron chi connectivity index (χ1n) is 7.38. The molecule has 5 nitrogen and oxygen atoms in total. The van der Waals surface area contributed by atoms with E-state index in [2.05, 4.69) is 0 Å². The summed E-state index contributed by atoms with van der Waals surface area (Å²) >= 11 is 0. The molecule has 0 bridgehead atoms. The number of nitrogens with two attached hydrogens (primary N) is 1. The van der Waals surface area contributed by atoms with Gasteiger partial charge in [0.1, 0.15) is 5.54 Å². The zero-order valence-electron chi connectivity index (χ0n) is 12.3. The monoisotopic (exact) mass is 290 g/mol. The number of carbonyl (C=O) groups is 2. The second-order valence-corrected chi connectivity index (χ2v) is 5.58. The highest BCUT2D eigenvalue weighted by atomic mass is 16.4. The highest BCUT2D eigenvalue weighted by molar-refractivity contribution is 5.87. The maximum atomic E-state index is 12.4. The summed E-state index contributed by atoms with van der Waals surface area (Å²) in [5.41, 5.74) is 6.36. The molecule has 1 saturated heterocycles. The summed E-state index contributed by atoms with van der Waals surface area (Å²) in [6.45, 7) is 2.38. The summed E-state index contributed by atoms with van der Waals surface area (Å²) in [4.78, 5) is 25.5. The molecule has 1 fully saturated rings. The average molecular weight is 290 g/mol. The second-order valence-electron chi connectivity index (χ2n) is 5.58. The van der Waals surface area contributed by atoms with Crippen LogP contribution in [0.25, 0.3) is 0 Å². The van der Waals surface area contributed by atoms with Gasteiger partial charge in [-0.1, -0.05) is 19.1 Å². The molecule has 1 amide bonds. The lowest BCUT2D eigenvalue weighted by Crippen LogP contribution is -2.52. The highest BCUT2D eigenvalue weighted by Crippen LogP contribution is 2.33. The lowest BCUT2D eigenvalue weighted by atomic mass is 9.92. The Hall–Kier alpha value is -2.04. The summed E-state index contributed by atoms with van der Waals surface area (Å²) in [5, 5.41) is 9.49. The first-order valence-corrected chi connectivity index (χ1v) is 7.38. The average Bonchev–Trinajstić information content (AvgIpc) is 2.91. The van der Waals surface area contributed by atoms with Crippen molar-refractivity contribution in [2.24, 2.45) is 0 Å². The van der Waals surface area contributed by atoms with Gasteiger partial charge in [-0.3, -0.25) is 4.79 Å². The highest BCUT2D eigenvalue weighted by Gasteiger charge is 2.48. The molecule has 2 rings (SSSR count). The van der Waals surface area contributed by atoms with Gasteiger partial charge in [-0.25, -0.2) is 4.79 Å². The number of hydrogen-bond donors (Lipinski definition) is 2. The standard InChI is InChI=1S/C16H22N2O3/c1-2-16(15(20)21)10-3-11-18(16)14(19)9-6-12-4-7-13(17)8-5-12/h4-5,7-8H,2-3,6,9-11,17H2,1H3,(H,20,21). The number of nitrogens with zero attached hydrogens (tertiary/aromatic N) is 1. The molecule has 0 aliphatic carbocycles. The van der Waals surface area contributed by atoms with Gasteiger partial charge in [0.05, 0.1) is 0 Å². The SMILES string of the molecule is CCC1(C(=O)O)CCCN1C(=O)CCc1ccc(N)cc1. The third kappa shape index (κ3) is 3.01. The van der Waals surface area contributed by atoms with Gasteiger partial charge in [0.25, 0.3) is 0 Å². The van der Waals surface area contributed by atoms with Gasteiger partial charge in [0.2, 0.25) is 5.91 Å². The molecule has 1 aromatic rings. The molecular formula is C16H22N2O3. The van der Waals surface area contributed by atoms with Crippen LogP contribution in [0.1, 0.15) is 38.2 Å². The fourth-order valence-electron chi connectivity index (χ4n) is 3.05. The van der Waals surface area contributed by atoms with E-state index in [0.29, 0.717) is 37.9 Å². The first-order chi connectivity index (χ1) is 9.99. The third-order valence-corrected chi connectivity index (χ3v) is 4.38. The van der Waals surface area contributed by atoms with Gasteiger partial charge in [0, 0.05) is 18.7 Å². The minimum absolute atomic E-state index is 0.0754. The van der Waals surface area contributed by atoms with Crippen LogP contribution in [0.15, 0.2) is 24.3 Å². The predicted octanol–water partition coefficient (Wildman–Crippen LogP) is 2.06. The van der Waals surface area contributed by atoms with E-state index in [9.17, 15) is 14.7 Å². The van der Waals surface area contributed by atoms with E-state index in [4.69, 9.17) is 5.73 Å². The number of carbonyl (C=O) groups excluding carboxylic acids is 1. The van der Waals surface area contributed by atoms with E-state index in [1.54, 1.807) is 4.90 Å². The summed E-state index contributed by atoms with van der Waals surface area (Å²) in [5.74, 6) is -0.961. The Bertz CT molecular complexity index is 527. The molecule has 1 aromatic carbocycles. The van der Waals surface area contributed by atoms with E-state index in [-0.39, 0.29) is 5.91 Å². The van der Waals surface area contributed by atoms with Crippen molar-refractivity contribution in [2.75, 3.05) is 12.3 Å². The van der Waals surface area contributed by atoms with E-state index >= 15 is 0 Å². The summed E-state index contributed by atoms with van der Waals surface area (Å²) < 4.78 is 0. The largest absolute Gasteiger partial charge is 0.479 e. The molecule has 0 spiro atoms. The van der Waals surface area contributed by atoms with Crippen molar-refractivity contribution in [1.82, 2.24) is 4.90 Å². The van der Waals surface area contributed by atoms with Crippen LogP contribution in [0, 0.1) is 0 Å².